The van der Waals surface area contributed by atoms with Crippen molar-refractivity contribution in [2.75, 3.05) is 11.9 Å². The fourth-order valence-corrected chi connectivity index (χ4v) is 0.643. The number of H-pyrrole nitrogens is 1. The van der Waals surface area contributed by atoms with E-state index in [1.807, 2.05) is 6.92 Å². The molecule has 0 aliphatic rings. The van der Waals surface area contributed by atoms with Crippen molar-refractivity contribution < 1.29 is 0 Å². The minimum absolute atomic E-state index is 0.318. The molecule has 0 saturated heterocycles. The van der Waals surface area contributed by atoms with Gasteiger partial charge in [-0.05, 0) is 6.92 Å². The molecule has 0 aromatic carbocycles. The topological polar surface area (TPSA) is 57.8 Å². The average molecular weight is 139 g/mol. The van der Waals surface area contributed by atoms with Gasteiger partial charge in [0.15, 0.2) is 0 Å². The fourth-order valence-electron chi connectivity index (χ4n) is 0.643. The van der Waals surface area contributed by atoms with E-state index in [1.54, 1.807) is 6.20 Å². The molecule has 0 atom stereocenters. The van der Waals surface area contributed by atoms with Crippen LogP contribution in [0.15, 0.2) is 17.2 Å². The molecule has 0 radical (unpaired) electrons. The zero-order chi connectivity index (χ0) is 7.40. The molecule has 10 heavy (non-hydrogen) atoms. The average Bonchev–Trinajstić information content (AvgIpc) is 1.95. The molecule has 0 saturated carbocycles. The van der Waals surface area contributed by atoms with Crippen molar-refractivity contribution in [3.05, 3.63) is 22.9 Å². The summed E-state index contributed by atoms with van der Waals surface area (Å²) in [5, 5.41) is 3.00. The molecule has 4 heteroatoms. The summed E-state index contributed by atoms with van der Waals surface area (Å²) in [5.41, 5.74) is 0.517. The number of anilines is 1. The summed E-state index contributed by atoms with van der Waals surface area (Å²) < 4.78 is 0. The minimum Gasteiger partial charge on any atom is -0.383 e. The first-order valence-electron chi connectivity index (χ1n) is 3.11. The second kappa shape index (κ2) is 3.00. The zero-order valence-corrected chi connectivity index (χ0v) is 5.72. The van der Waals surface area contributed by atoms with E-state index in [1.165, 1.54) is 6.20 Å². The third-order valence-electron chi connectivity index (χ3n) is 1.05. The predicted octanol–water partition coefficient (Wildman–Crippen LogP) is 0.202. The van der Waals surface area contributed by atoms with Crippen LogP contribution in [0, 0.1) is 0 Å². The summed E-state index contributed by atoms with van der Waals surface area (Å²) in [7, 11) is 0. The van der Waals surface area contributed by atoms with Gasteiger partial charge in [-0.1, -0.05) is 0 Å². The molecule has 54 valence electrons. The van der Waals surface area contributed by atoms with Crippen LogP contribution in [0.25, 0.3) is 0 Å². The number of rotatable bonds is 2. The molecule has 1 aromatic rings. The lowest BCUT2D eigenvalue weighted by atomic mass is 10.5. The number of nitrogens with zero attached hydrogens (tertiary/aromatic N) is 1. The molecule has 0 aliphatic heterocycles. The van der Waals surface area contributed by atoms with Gasteiger partial charge in [0.2, 0.25) is 0 Å². The Morgan fingerprint density at radius 1 is 1.80 bits per heavy atom. The van der Waals surface area contributed by atoms with Gasteiger partial charge in [-0.2, -0.15) is 4.98 Å². The lowest BCUT2D eigenvalue weighted by molar-refractivity contribution is 1.06. The quantitative estimate of drug-likeness (QED) is 0.615. The van der Waals surface area contributed by atoms with Crippen molar-refractivity contribution in [1.29, 1.82) is 0 Å². The van der Waals surface area contributed by atoms with E-state index in [-0.39, 0.29) is 5.69 Å². The first-order chi connectivity index (χ1) is 4.83. The largest absolute Gasteiger partial charge is 0.383 e. The summed E-state index contributed by atoms with van der Waals surface area (Å²) in [6, 6.07) is 0. The lowest BCUT2D eigenvalue weighted by Gasteiger charge is -1.98. The van der Waals surface area contributed by atoms with Crippen molar-refractivity contribution in [2.45, 2.75) is 6.92 Å². The maximum atomic E-state index is 10.4. The van der Waals surface area contributed by atoms with E-state index in [0.29, 0.717) is 0 Å². The van der Waals surface area contributed by atoms with E-state index < -0.39 is 0 Å². The number of aromatic nitrogens is 2. The molecule has 0 bridgehead atoms. The van der Waals surface area contributed by atoms with E-state index >= 15 is 0 Å². The van der Waals surface area contributed by atoms with Gasteiger partial charge in [-0.3, -0.25) is 0 Å². The van der Waals surface area contributed by atoms with Gasteiger partial charge in [0.05, 0.1) is 11.9 Å². The Kier molecular flexibility index (Phi) is 2.04. The highest BCUT2D eigenvalue weighted by Gasteiger charge is 1.87. The van der Waals surface area contributed by atoms with Crippen molar-refractivity contribution in [2.24, 2.45) is 0 Å². The molecule has 0 spiro atoms. The highest BCUT2D eigenvalue weighted by atomic mass is 16.1. The van der Waals surface area contributed by atoms with Gasteiger partial charge in [0, 0.05) is 12.7 Å². The second-order valence-electron chi connectivity index (χ2n) is 1.84. The number of hydrogen-bond donors (Lipinski definition) is 2. The summed E-state index contributed by atoms with van der Waals surface area (Å²) >= 11 is 0. The first-order valence-corrected chi connectivity index (χ1v) is 3.11. The SMILES string of the molecule is CCNc1cnc(=O)[nH]c1. The number of hydrogen-bond acceptors (Lipinski definition) is 3. The number of aromatic amines is 1. The summed E-state index contributed by atoms with van der Waals surface area (Å²) in [4.78, 5) is 16.4. The summed E-state index contributed by atoms with van der Waals surface area (Å²) in [5.74, 6) is 0. The Morgan fingerprint density at radius 3 is 3.10 bits per heavy atom. The first kappa shape index (κ1) is 6.80. The van der Waals surface area contributed by atoms with E-state index in [9.17, 15) is 4.79 Å². The van der Waals surface area contributed by atoms with E-state index in [2.05, 4.69) is 15.3 Å². The Bertz CT molecular complexity index is 235. The molecule has 0 fully saturated rings. The Labute approximate surface area is 58.3 Å². The van der Waals surface area contributed by atoms with Gasteiger partial charge < -0.3 is 10.3 Å². The van der Waals surface area contributed by atoms with Crippen LogP contribution in [0.4, 0.5) is 5.69 Å². The monoisotopic (exact) mass is 139 g/mol. The van der Waals surface area contributed by atoms with Gasteiger partial charge >= 0.3 is 5.69 Å². The fraction of sp³-hybridized carbons (Fsp3) is 0.333. The molecule has 0 unspecified atom stereocenters. The maximum absolute atomic E-state index is 10.4. The highest BCUT2D eigenvalue weighted by Crippen LogP contribution is 1.95. The summed E-state index contributed by atoms with van der Waals surface area (Å²) in [6.45, 7) is 2.80. The van der Waals surface area contributed by atoms with Gasteiger partial charge in [0.1, 0.15) is 0 Å². The Hall–Kier alpha value is -1.32. The van der Waals surface area contributed by atoms with Gasteiger partial charge in [-0.25, -0.2) is 4.79 Å². The minimum atomic E-state index is -0.318. The molecule has 2 N–H and O–H groups in total. The van der Waals surface area contributed by atoms with Crippen LogP contribution >= 0.6 is 0 Å². The van der Waals surface area contributed by atoms with Crippen molar-refractivity contribution in [3.63, 3.8) is 0 Å². The molecular weight excluding hydrogens is 130 g/mol. The van der Waals surface area contributed by atoms with Crippen molar-refractivity contribution in [3.8, 4) is 0 Å². The van der Waals surface area contributed by atoms with Crippen LogP contribution in [0.2, 0.25) is 0 Å². The predicted molar refractivity (Wildman–Crippen MR) is 39.0 cm³/mol. The molecule has 0 amide bonds. The third kappa shape index (κ3) is 1.58. The van der Waals surface area contributed by atoms with Crippen LogP contribution in [0.5, 0.6) is 0 Å². The van der Waals surface area contributed by atoms with Crippen LogP contribution < -0.4 is 11.0 Å². The lowest BCUT2D eigenvalue weighted by Crippen LogP contribution is -2.09. The maximum Gasteiger partial charge on any atom is 0.345 e. The van der Waals surface area contributed by atoms with Crippen LogP contribution in [-0.4, -0.2) is 16.5 Å². The Balaban J connectivity index is 2.79. The molecule has 4 nitrogen and oxygen atoms in total. The standard InChI is InChI=1S/C6H9N3O/c1-2-7-5-3-8-6(10)9-4-5/h3-4,7H,2H2,1H3,(H,8,9,10). The van der Waals surface area contributed by atoms with Gasteiger partial charge in [0.25, 0.3) is 0 Å². The van der Waals surface area contributed by atoms with Crippen molar-refractivity contribution >= 4 is 5.69 Å². The van der Waals surface area contributed by atoms with E-state index in [0.717, 1.165) is 12.2 Å². The zero-order valence-electron chi connectivity index (χ0n) is 5.72. The molecular formula is C6H9N3O. The molecule has 1 rings (SSSR count). The highest BCUT2D eigenvalue weighted by molar-refractivity contribution is 5.36. The van der Waals surface area contributed by atoms with Crippen LogP contribution in [-0.2, 0) is 0 Å². The molecule has 1 aromatic heterocycles. The Morgan fingerprint density at radius 2 is 2.60 bits per heavy atom. The summed E-state index contributed by atoms with van der Waals surface area (Å²) in [6.07, 6.45) is 3.10. The van der Waals surface area contributed by atoms with E-state index in [4.69, 9.17) is 0 Å². The van der Waals surface area contributed by atoms with Crippen LogP contribution in [0.3, 0.4) is 0 Å². The molecule has 0 aliphatic carbocycles. The number of nitrogens with one attached hydrogen (secondary N) is 2. The third-order valence-corrected chi connectivity index (χ3v) is 1.05. The van der Waals surface area contributed by atoms with Crippen LogP contribution in [0.1, 0.15) is 6.92 Å². The molecule has 1 heterocycles. The second-order valence-corrected chi connectivity index (χ2v) is 1.84. The van der Waals surface area contributed by atoms with Gasteiger partial charge in [-0.15, -0.1) is 0 Å². The smallest absolute Gasteiger partial charge is 0.345 e. The van der Waals surface area contributed by atoms with Crippen molar-refractivity contribution in [1.82, 2.24) is 9.97 Å². The normalized spacial score (nSPS) is 9.30.